The third-order valence-electron chi connectivity index (χ3n) is 3.31. The van der Waals surface area contributed by atoms with Crippen LogP contribution >= 0.6 is 0 Å². The van der Waals surface area contributed by atoms with Crippen molar-refractivity contribution in [1.82, 2.24) is 5.32 Å². The largest absolute Gasteiger partial charge is 0.394 e. The van der Waals surface area contributed by atoms with Gasteiger partial charge in [0.05, 0.1) is 30.2 Å². The van der Waals surface area contributed by atoms with E-state index in [1.165, 1.54) is 0 Å². The maximum atomic E-state index is 9.23. The molecule has 0 aromatic heterocycles. The van der Waals surface area contributed by atoms with Gasteiger partial charge in [0.25, 0.3) is 0 Å². The lowest BCUT2D eigenvalue weighted by Crippen LogP contribution is -2.51. The minimum Gasteiger partial charge on any atom is -0.394 e. The van der Waals surface area contributed by atoms with Gasteiger partial charge >= 0.3 is 0 Å². The maximum Gasteiger partial charge on any atom is 0.0683 e. The fraction of sp³-hybridized carbons (Fsp3) is 0.923. The molecule has 4 heteroatoms. The van der Waals surface area contributed by atoms with E-state index in [2.05, 4.69) is 11.4 Å². The van der Waals surface area contributed by atoms with Crippen LogP contribution in [0, 0.1) is 16.7 Å². The summed E-state index contributed by atoms with van der Waals surface area (Å²) in [6, 6.07) is 2.28. The van der Waals surface area contributed by atoms with Gasteiger partial charge in [-0.2, -0.15) is 5.26 Å². The summed E-state index contributed by atoms with van der Waals surface area (Å²) in [4.78, 5) is 0. The van der Waals surface area contributed by atoms with E-state index in [4.69, 9.17) is 5.26 Å². The first-order chi connectivity index (χ1) is 7.95. The number of hydrogen-bond donors (Lipinski definition) is 3. The number of aliphatic hydroxyl groups is 2. The maximum absolute atomic E-state index is 9.23. The van der Waals surface area contributed by atoms with Crippen LogP contribution in [0.3, 0.4) is 0 Å². The molecule has 3 N–H and O–H groups in total. The minimum absolute atomic E-state index is 0.0519. The molecule has 17 heavy (non-hydrogen) atoms. The molecule has 0 aliphatic rings. The average molecular weight is 242 g/mol. The van der Waals surface area contributed by atoms with Crippen LogP contribution in [-0.4, -0.2) is 35.5 Å². The third kappa shape index (κ3) is 6.02. The van der Waals surface area contributed by atoms with Crippen molar-refractivity contribution in [3.63, 3.8) is 0 Å². The lowest BCUT2D eigenvalue weighted by Gasteiger charge is -2.30. The Morgan fingerprint density at radius 2 is 1.76 bits per heavy atom. The van der Waals surface area contributed by atoms with Crippen molar-refractivity contribution in [3.8, 4) is 6.07 Å². The Balaban J connectivity index is 3.81. The summed E-state index contributed by atoms with van der Waals surface area (Å²) in [6.45, 7) is 6.48. The van der Waals surface area contributed by atoms with Gasteiger partial charge in [-0.05, 0) is 39.7 Å². The number of nitrogens with zero attached hydrogens (tertiary/aromatic N) is 1. The number of rotatable bonds is 9. The fourth-order valence-corrected chi connectivity index (χ4v) is 1.61. The van der Waals surface area contributed by atoms with Crippen molar-refractivity contribution in [1.29, 1.82) is 5.26 Å². The second kappa shape index (κ2) is 7.65. The first kappa shape index (κ1) is 16.4. The van der Waals surface area contributed by atoms with Crippen LogP contribution in [0.2, 0.25) is 0 Å². The Morgan fingerprint density at radius 3 is 2.18 bits per heavy atom. The second-order valence-electron chi connectivity index (χ2n) is 5.33. The second-order valence-corrected chi connectivity index (χ2v) is 5.33. The number of unbranched alkanes of at least 4 members (excludes halogenated alkanes) is 1. The van der Waals surface area contributed by atoms with Gasteiger partial charge in [-0.25, -0.2) is 0 Å². The van der Waals surface area contributed by atoms with Crippen LogP contribution in [0.1, 0.15) is 46.5 Å². The summed E-state index contributed by atoms with van der Waals surface area (Å²) in [7, 11) is 0. The zero-order valence-electron chi connectivity index (χ0n) is 11.3. The molecule has 0 saturated carbocycles. The first-order valence-corrected chi connectivity index (χ1v) is 6.33. The first-order valence-electron chi connectivity index (χ1n) is 6.33. The van der Waals surface area contributed by atoms with Gasteiger partial charge in [-0.3, -0.25) is 0 Å². The van der Waals surface area contributed by atoms with E-state index in [0.29, 0.717) is 6.42 Å². The van der Waals surface area contributed by atoms with Gasteiger partial charge in [0.2, 0.25) is 0 Å². The number of aliphatic hydroxyl groups excluding tert-OH is 2. The molecule has 0 saturated heterocycles. The zero-order chi connectivity index (χ0) is 13.4. The molecule has 0 unspecified atom stereocenters. The predicted octanol–water partition coefficient (Wildman–Crippen LogP) is 1.43. The molecule has 0 bridgehead atoms. The van der Waals surface area contributed by atoms with E-state index in [0.717, 1.165) is 25.8 Å². The SMILES string of the molecule is CCC(CO)(CO)NCCCCC(C)(C)C#N. The van der Waals surface area contributed by atoms with E-state index in [-0.39, 0.29) is 18.6 Å². The monoisotopic (exact) mass is 242 g/mol. The van der Waals surface area contributed by atoms with E-state index in [9.17, 15) is 10.2 Å². The Bertz CT molecular complexity index is 234. The lowest BCUT2D eigenvalue weighted by molar-refractivity contribution is 0.0874. The number of hydrogen-bond acceptors (Lipinski definition) is 4. The van der Waals surface area contributed by atoms with Crippen LogP contribution in [-0.2, 0) is 0 Å². The molecule has 0 aliphatic heterocycles. The highest BCUT2D eigenvalue weighted by Crippen LogP contribution is 2.21. The zero-order valence-corrected chi connectivity index (χ0v) is 11.3. The van der Waals surface area contributed by atoms with Crippen LogP contribution in [0.15, 0.2) is 0 Å². The van der Waals surface area contributed by atoms with Crippen molar-refractivity contribution in [2.45, 2.75) is 52.0 Å². The Hall–Kier alpha value is -0.630. The quantitative estimate of drug-likeness (QED) is 0.535. The predicted molar refractivity (Wildman–Crippen MR) is 68.4 cm³/mol. The van der Waals surface area contributed by atoms with Crippen molar-refractivity contribution in [2.75, 3.05) is 19.8 Å². The Kier molecular flexibility index (Phi) is 7.37. The van der Waals surface area contributed by atoms with Crippen LogP contribution < -0.4 is 5.32 Å². The minimum atomic E-state index is -0.551. The third-order valence-corrected chi connectivity index (χ3v) is 3.31. The Labute approximate surface area is 105 Å². The van der Waals surface area contributed by atoms with Gasteiger partial charge < -0.3 is 15.5 Å². The van der Waals surface area contributed by atoms with E-state index in [1.807, 2.05) is 20.8 Å². The summed E-state index contributed by atoms with van der Waals surface area (Å²) in [5.74, 6) is 0. The molecule has 0 fully saturated rings. The summed E-state index contributed by atoms with van der Waals surface area (Å²) in [6.07, 6.45) is 3.50. The molecular formula is C13H26N2O2. The Morgan fingerprint density at radius 1 is 1.18 bits per heavy atom. The molecule has 0 rings (SSSR count). The van der Waals surface area contributed by atoms with Crippen LogP contribution in [0.25, 0.3) is 0 Å². The molecule has 0 heterocycles. The van der Waals surface area contributed by atoms with Gasteiger partial charge in [-0.15, -0.1) is 0 Å². The van der Waals surface area contributed by atoms with Crippen molar-refractivity contribution in [3.05, 3.63) is 0 Å². The highest BCUT2D eigenvalue weighted by molar-refractivity contribution is 4.91. The highest BCUT2D eigenvalue weighted by Gasteiger charge is 2.25. The molecular weight excluding hydrogens is 216 g/mol. The highest BCUT2D eigenvalue weighted by atomic mass is 16.3. The molecule has 0 aromatic carbocycles. The van der Waals surface area contributed by atoms with Gasteiger partial charge in [0.15, 0.2) is 0 Å². The molecule has 0 atom stereocenters. The van der Waals surface area contributed by atoms with Crippen molar-refractivity contribution >= 4 is 0 Å². The van der Waals surface area contributed by atoms with E-state index in [1.54, 1.807) is 0 Å². The van der Waals surface area contributed by atoms with E-state index < -0.39 is 5.54 Å². The smallest absolute Gasteiger partial charge is 0.0683 e. The van der Waals surface area contributed by atoms with Crippen LogP contribution in [0.4, 0.5) is 0 Å². The van der Waals surface area contributed by atoms with Gasteiger partial charge in [-0.1, -0.05) is 13.3 Å². The number of nitriles is 1. The van der Waals surface area contributed by atoms with Crippen LogP contribution in [0.5, 0.6) is 0 Å². The molecule has 0 spiro atoms. The van der Waals surface area contributed by atoms with Crippen molar-refractivity contribution < 1.29 is 10.2 Å². The average Bonchev–Trinajstić information content (AvgIpc) is 2.34. The van der Waals surface area contributed by atoms with Crippen molar-refractivity contribution in [2.24, 2.45) is 5.41 Å². The topological polar surface area (TPSA) is 76.3 Å². The molecule has 100 valence electrons. The summed E-state index contributed by atoms with van der Waals surface area (Å²) >= 11 is 0. The number of nitrogens with one attached hydrogen (secondary N) is 1. The molecule has 0 aliphatic carbocycles. The molecule has 0 aromatic rings. The summed E-state index contributed by atoms with van der Waals surface area (Å²) < 4.78 is 0. The molecule has 4 nitrogen and oxygen atoms in total. The normalized spacial score (nSPS) is 12.5. The lowest BCUT2D eigenvalue weighted by atomic mass is 9.89. The summed E-state index contributed by atoms with van der Waals surface area (Å²) in [5.41, 5.74) is -0.805. The fourth-order valence-electron chi connectivity index (χ4n) is 1.61. The standard InChI is InChI=1S/C13H26N2O2/c1-4-13(10-16,11-17)15-8-6-5-7-12(2,3)9-14/h15-17H,4-8,10-11H2,1-3H3. The molecule has 0 radical (unpaired) electrons. The molecule has 0 amide bonds. The van der Waals surface area contributed by atoms with Gasteiger partial charge in [0.1, 0.15) is 0 Å². The van der Waals surface area contributed by atoms with E-state index >= 15 is 0 Å². The van der Waals surface area contributed by atoms with Gasteiger partial charge in [0, 0.05) is 0 Å². The summed E-state index contributed by atoms with van der Waals surface area (Å²) in [5, 5.41) is 30.5.